The minimum Gasteiger partial charge on any atom is -0.379 e. The summed E-state index contributed by atoms with van der Waals surface area (Å²) in [5.41, 5.74) is 2.04. The summed E-state index contributed by atoms with van der Waals surface area (Å²) in [5.74, 6) is 0.937. The van der Waals surface area contributed by atoms with Crippen LogP contribution in [0.1, 0.15) is 18.3 Å². The van der Waals surface area contributed by atoms with Crippen molar-refractivity contribution < 1.29 is 13.2 Å². The Bertz CT molecular complexity index is 842. The Morgan fingerprint density at radius 1 is 1.12 bits per heavy atom. The zero-order valence-corrected chi connectivity index (χ0v) is 14.6. The number of nitrogens with zero attached hydrogens (tertiary/aromatic N) is 4. The molecule has 7 nitrogen and oxygen atoms in total. The lowest BCUT2D eigenvalue weighted by molar-refractivity contribution is 0.0705. The van der Waals surface area contributed by atoms with Gasteiger partial charge in [-0.2, -0.15) is 17.0 Å². The van der Waals surface area contributed by atoms with Crippen LogP contribution in [-0.4, -0.2) is 66.0 Å². The van der Waals surface area contributed by atoms with Crippen LogP contribution in [0.25, 0.3) is 11.0 Å². The van der Waals surface area contributed by atoms with Gasteiger partial charge in [-0.1, -0.05) is 12.1 Å². The summed E-state index contributed by atoms with van der Waals surface area (Å²) >= 11 is 0. The molecule has 0 N–H and O–H groups in total. The topological polar surface area (TPSA) is 67.7 Å². The molecule has 2 aliphatic heterocycles. The molecule has 0 spiro atoms. The van der Waals surface area contributed by atoms with E-state index < -0.39 is 10.2 Å². The lowest BCUT2D eigenvalue weighted by Gasteiger charge is -2.30. The van der Waals surface area contributed by atoms with E-state index in [4.69, 9.17) is 4.74 Å². The molecule has 4 rings (SSSR count). The molecule has 24 heavy (non-hydrogen) atoms. The van der Waals surface area contributed by atoms with Gasteiger partial charge < -0.3 is 9.30 Å². The van der Waals surface area contributed by atoms with Crippen molar-refractivity contribution >= 4 is 21.2 Å². The van der Waals surface area contributed by atoms with Crippen LogP contribution in [0.15, 0.2) is 24.3 Å². The molecule has 3 heterocycles. The smallest absolute Gasteiger partial charge is 0.282 e. The summed E-state index contributed by atoms with van der Waals surface area (Å²) < 4.78 is 36.2. The number of benzene rings is 1. The molecule has 2 fully saturated rings. The molecule has 0 aliphatic carbocycles. The lowest BCUT2D eigenvalue weighted by atomic mass is 10.2. The number of imidazole rings is 1. The Morgan fingerprint density at radius 2 is 1.88 bits per heavy atom. The Kier molecular flexibility index (Phi) is 4.07. The molecular formula is C16H22N4O3S. The highest BCUT2D eigenvalue weighted by Crippen LogP contribution is 2.30. The van der Waals surface area contributed by atoms with Gasteiger partial charge in [0.2, 0.25) is 0 Å². The van der Waals surface area contributed by atoms with Crippen LogP contribution < -0.4 is 0 Å². The van der Waals surface area contributed by atoms with Crippen molar-refractivity contribution in [2.24, 2.45) is 0 Å². The van der Waals surface area contributed by atoms with Crippen LogP contribution in [0.3, 0.4) is 0 Å². The fourth-order valence-electron chi connectivity index (χ4n) is 3.70. The van der Waals surface area contributed by atoms with E-state index in [1.54, 1.807) is 4.31 Å². The number of ether oxygens (including phenoxy) is 1. The molecular weight excluding hydrogens is 328 g/mol. The van der Waals surface area contributed by atoms with E-state index in [0.29, 0.717) is 39.4 Å². The third kappa shape index (κ3) is 2.63. The first-order chi connectivity index (χ1) is 11.6. The van der Waals surface area contributed by atoms with Gasteiger partial charge >= 0.3 is 0 Å². The van der Waals surface area contributed by atoms with Crippen LogP contribution in [0.4, 0.5) is 0 Å². The molecule has 0 unspecified atom stereocenters. The first-order valence-corrected chi connectivity index (χ1v) is 9.73. The van der Waals surface area contributed by atoms with Gasteiger partial charge in [-0.05, 0) is 25.5 Å². The number of aromatic nitrogens is 2. The Hall–Kier alpha value is -1.48. The van der Waals surface area contributed by atoms with Gasteiger partial charge in [0.1, 0.15) is 5.82 Å². The van der Waals surface area contributed by atoms with E-state index in [1.807, 2.05) is 25.1 Å². The second kappa shape index (κ2) is 6.11. The molecule has 2 saturated heterocycles. The van der Waals surface area contributed by atoms with E-state index in [0.717, 1.165) is 23.3 Å². The minimum absolute atomic E-state index is 0.133. The lowest BCUT2D eigenvalue weighted by Crippen LogP contribution is -2.47. The third-order valence-corrected chi connectivity index (χ3v) is 6.89. The summed E-state index contributed by atoms with van der Waals surface area (Å²) in [6.45, 7) is 4.87. The monoisotopic (exact) mass is 350 g/mol. The summed E-state index contributed by atoms with van der Waals surface area (Å²) in [5, 5.41) is 0. The molecule has 8 heteroatoms. The SMILES string of the molecule is Cc1nc2ccccc2n1[C@@H]1CCN(S(=O)(=O)N2CCOCC2)C1. The van der Waals surface area contributed by atoms with Crippen molar-refractivity contribution in [3.8, 4) is 0 Å². The van der Waals surface area contributed by atoms with E-state index in [-0.39, 0.29) is 6.04 Å². The average molecular weight is 350 g/mol. The van der Waals surface area contributed by atoms with Gasteiger partial charge in [-0.3, -0.25) is 0 Å². The van der Waals surface area contributed by atoms with E-state index in [9.17, 15) is 8.42 Å². The number of rotatable bonds is 3. The number of hydrogen-bond acceptors (Lipinski definition) is 4. The molecule has 1 aromatic carbocycles. The highest BCUT2D eigenvalue weighted by Gasteiger charge is 2.37. The highest BCUT2D eigenvalue weighted by molar-refractivity contribution is 7.86. The molecule has 2 aromatic rings. The van der Waals surface area contributed by atoms with Crippen molar-refractivity contribution in [2.75, 3.05) is 39.4 Å². The van der Waals surface area contributed by atoms with Gasteiger partial charge in [0.15, 0.2) is 0 Å². The van der Waals surface area contributed by atoms with Crippen molar-refractivity contribution in [1.29, 1.82) is 0 Å². The predicted octanol–water partition coefficient (Wildman–Crippen LogP) is 1.17. The second-order valence-corrected chi connectivity index (χ2v) is 8.27. The van der Waals surface area contributed by atoms with Crippen molar-refractivity contribution in [3.05, 3.63) is 30.1 Å². The Balaban J connectivity index is 1.59. The maximum atomic E-state index is 12.8. The van der Waals surface area contributed by atoms with Crippen LogP contribution in [-0.2, 0) is 14.9 Å². The van der Waals surface area contributed by atoms with E-state index in [1.165, 1.54) is 4.31 Å². The van der Waals surface area contributed by atoms with Gasteiger partial charge in [0, 0.05) is 26.2 Å². The normalized spacial score (nSPS) is 24.0. The van der Waals surface area contributed by atoms with E-state index >= 15 is 0 Å². The number of hydrogen-bond donors (Lipinski definition) is 0. The first-order valence-electron chi connectivity index (χ1n) is 8.34. The van der Waals surface area contributed by atoms with E-state index in [2.05, 4.69) is 15.6 Å². The standard InChI is InChI=1S/C16H22N4O3S/c1-13-17-15-4-2-3-5-16(15)20(13)14-6-7-19(12-14)24(21,22)18-8-10-23-11-9-18/h2-5,14H,6-12H2,1H3/t14-/m1/s1. The van der Waals surface area contributed by atoms with Crippen molar-refractivity contribution in [2.45, 2.75) is 19.4 Å². The Morgan fingerprint density at radius 3 is 2.67 bits per heavy atom. The summed E-state index contributed by atoms with van der Waals surface area (Å²) in [6.07, 6.45) is 0.810. The number of para-hydroxylation sites is 2. The predicted molar refractivity (Wildman–Crippen MR) is 91.0 cm³/mol. The van der Waals surface area contributed by atoms with Crippen LogP contribution in [0.2, 0.25) is 0 Å². The third-order valence-electron chi connectivity index (χ3n) is 4.89. The first kappa shape index (κ1) is 16.0. The molecule has 0 saturated carbocycles. The molecule has 130 valence electrons. The summed E-state index contributed by atoms with van der Waals surface area (Å²) in [7, 11) is -3.40. The van der Waals surface area contributed by atoms with Gasteiger partial charge in [0.25, 0.3) is 10.2 Å². The van der Waals surface area contributed by atoms with Crippen LogP contribution in [0.5, 0.6) is 0 Å². The van der Waals surface area contributed by atoms with Crippen molar-refractivity contribution in [3.63, 3.8) is 0 Å². The second-order valence-electron chi connectivity index (χ2n) is 6.34. The molecule has 2 aliphatic rings. The van der Waals surface area contributed by atoms with Gasteiger partial charge in [0.05, 0.1) is 30.3 Å². The summed E-state index contributed by atoms with van der Waals surface area (Å²) in [4.78, 5) is 4.60. The Labute approximate surface area is 142 Å². The molecule has 0 amide bonds. The highest BCUT2D eigenvalue weighted by atomic mass is 32.2. The maximum absolute atomic E-state index is 12.8. The zero-order valence-electron chi connectivity index (χ0n) is 13.8. The maximum Gasteiger partial charge on any atom is 0.282 e. The number of morpholine rings is 1. The van der Waals surface area contributed by atoms with Crippen LogP contribution in [0, 0.1) is 6.92 Å². The van der Waals surface area contributed by atoms with Crippen molar-refractivity contribution in [1.82, 2.24) is 18.2 Å². The molecule has 0 radical (unpaired) electrons. The van der Waals surface area contributed by atoms with Crippen LogP contribution >= 0.6 is 0 Å². The fraction of sp³-hybridized carbons (Fsp3) is 0.562. The average Bonchev–Trinajstić information content (AvgIpc) is 3.19. The largest absolute Gasteiger partial charge is 0.379 e. The molecule has 1 atom stereocenters. The number of fused-ring (bicyclic) bond motifs is 1. The quantitative estimate of drug-likeness (QED) is 0.833. The molecule has 1 aromatic heterocycles. The fourth-order valence-corrected chi connectivity index (χ4v) is 5.33. The minimum atomic E-state index is -3.40. The van der Waals surface area contributed by atoms with Gasteiger partial charge in [-0.15, -0.1) is 0 Å². The summed E-state index contributed by atoms with van der Waals surface area (Å²) in [6, 6.07) is 8.15. The number of aryl methyl sites for hydroxylation is 1. The van der Waals surface area contributed by atoms with Gasteiger partial charge in [-0.25, -0.2) is 4.98 Å². The zero-order chi connectivity index (χ0) is 16.7. The molecule has 0 bridgehead atoms.